The Bertz CT molecular complexity index is 732. The second-order valence-corrected chi connectivity index (χ2v) is 5.06. The quantitative estimate of drug-likeness (QED) is 0.446. The van der Waals surface area contributed by atoms with E-state index in [-0.39, 0.29) is 0 Å². The first-order valence-corrected chi connectivity index (χ1v) is 6.27. The Labute approximate surface area is 114 Å². The summed E-state index contributed by atoms with van der Waals surface area (Å²) in [5.41, 5.74) is 0. The van der Waals surface area contributed by atoms with Gasteiger partial charge in [0.2, 0.25) is 0 Å². The van der Waals surface area contributed by atoms with Gasteiger partial charge in [-0.05, 0) is 12.1 Å². The molecule has 0 amide bonds. The van der Waals surface area contributed by atoms with Gasteiger partial charge in [0.1, 0.15) is 0 Å². The Kier molecular flexibility index (Phi) is 2.67. The fourth-order valence-corrected chi connectivity index (χ4v) is 2.87. The largest absolute Gasteiger partial charge is 0.0843 e. The van der Waals surface area contributed by atoms with Crippen LogP contribution in [0.5, 0.6) is 0 Å². The van der Waals surface area contributed by atoms with Crippen molar-refractivity contribution in [2.45, 2.75) is 0 Å². The average molecular weight is 282 g/mol. The minimum absolute atomic E-state index is 0.658. The topological polar surface area (TPSA) is 0 Å². The smallest absolute Gasteiger partial charge is 0.0564 e. The van der Waals surface area contributed by atoms with Crippen LogP contribution in [0, 0.1) is 0 Å². The summed E-state index contributed by atoms with van der Waals surface area (Å²) in [5.74, 6) is 0. The number of hydrogen-bond acceptors (Lipinski definition) is 0. The molecule has 0 nitrogen and oxygen atoms in total. The summed E-state index contributed by atoms with van der Waals surface area (Å²) in [5, 5.41) is 5.82. The van der Waals surface area contributed by atoms with Gasteiger partial charge in [0.25, 0.3) is 0 Å². The molecule has 0 fully saturated rings. The lowest BCUT2D eigenvalue weighted by molar-refractivity contribution is 1.76. The molecular formula is C14H7Cl3. The van der Waals surface area contributed by atoms with Gasteiger partial charge in [0.15, 0.2) is 0 Å². The fourth-order valence-electron chi connectivity index (χ4n) is 2.05. The molecule has 0 aliphatic rings. The first kappa shape index (κ1) is 11.2. The SMILES string of the molecule is Clc1ccc2c(Cl)c3ccccc3c(Cl)c2c1. The van der Waals surface area contributed by atoms with E-state index < -0.39 is 0 Å². The highest BCUT2D eigenvalue weighted by Gasteiger charge is 2.10. The van der Waals surface area contributed by atoms with Crippen molar-refractivity contribution in [1.29, 1.82) is 0 Å². The van der Waals surface area contributed by atoms with Crippen molar-refractivity contribution in [3.63, 3.8) is 0 Å². The monoisotopic (exact) mass is 280 g/mol. The summed E-state index contributed by atoms with van der Waals surface area (Å²) in [6.07, 6.45) is 0. The molecule has 3 heteroatoms. The van der Waals surface area contributed by atoms with Crippen molar-refractivity contribution in [3.8, 4) is 0 Å². The second kappa shape index (κ2) is 4.06. The van der Waals surface area contributed by atoms with Gasteiger partial charge in [-0.15, -0.1) is 0 Å². The molecule has 0 unspecified atom stereocenters. The van der Waals surface area contributed by atoms with Crippen molar-refractivity contribution in [1.82, 2.24) is 0 Å². The molecule has 0 saturated heterocycles. The lowest BCUT2D eigenvalue weighted by Crippen LogP contribution is -1.82. The predicted molar refractivity (Wildman–Crippen MR) is 76.5 cm³/mol. The van der Waals surface area contributed by atoms with E-state index in [0.717, 1.165) is 26.6 Å². The molecule has 3 aromatic carbocycles. The summed E-state index contributed by atoms with van der Waals surface area (Å²) in [7, 11) is 0. The molecule has 17 heavy (non-hydrogen) atoms. The molecule has 0 atom stereocenters. The van der Waals surface area contributed by atoms with Gasteiger partial charge in [0, 0.05) is 26.6 Å². The zero-order chi connectivity index (χ0) is 12.0. The molecule has 0 heterocycles. The summed E-state index contributed by atoms with van der Waals surface area (Å²) < 4.78 is 0. The van der Waals surface area contributed by atoms with Gasteiger partial charge >= 0.3 is 0 Å². The van der Waals surface area contributed by atoms with Gasteiger partial charge in [-0.25, -0.2) is 0 Å². The van der Waals surface area contributed by atoms with E-state index in [1.165, 1.54) is 0 Å². The first-order chi connectivity index (χ1) is 8.18. The van der Waals surface area contributed by atoms with Gasteiger partial charge < -0.3 is 0 Å². The lowest BCUT2D eigenvalue weighted by Gasteiger charge is -2.09. The zero-order valence-corrected chi connectivity index (χ0v) is 10.9. The van der Waals surface area contributed by atoms with Crippen molar-refractivity contribution >= 4 is 56.3 Å². The molecule has 3 aromatic rings. The predicted octanol–water partition coefficient (Wildman–Crippen LogP) is 5.95. The van der Waals surface area contributed by atoms with Crippen molar-refractivity contribution < 1.29 is 0 Å². The van der Waals surface area contributed by atoms with Crippen LogP contribution < -0.4 is 0 Å². The Morgan fingerprint density at radius 1 is 0.588 bits per heavy atom. The zero-order valence-electron chi connectivity index (χ0n) is 8.68. The van der Waals surface area contributed by atoms with Gasteiger partial charge in [-0.3, -0.25) is 0 Å². The Morgan fingerprint density at radius 2 is 1.12 bits per heavy atom. The van der Waals surface area contributed by atoms with E-state index in [1.54, 1.807) is 0 Å². The minimum atomic E-state index is 0.658. The Balaban J connectivity index is 2.63. The van der Waals surface area contributed by atoms with Crippen LogP contribution in [0.15, 0.2) is 42.5 Å². The number of halogens is 3. The van der Waals surface area contributed by atoms with E-state index in [9.17, 15) is 0 Å². The van der Waals surface area contributed by atoms with Crippen molar-refractivity contribution in [2.24, 2.45) is 0 Å². The maximum Gasteiger partial charge on any atom is 0.0564 e. The van der Waals surface area contributed by atoms with Gasteiger partial charge in [0.05, 0.1) is 10.0 Å². The van der Waals surface area contributed by atoms with Gasteiger partial charge in [-0.2, -0.15) is 0 Å². The molecule has 0 saturated carbocycles. The van der Waals surface area contributed by atoms with E-state index in [4.69, 9.17) is 34.8 Å². The van der Waals surface area contributed by atoms with Crippen LogP contribution in [0.4, 0.5) is 0 Å². The van der Waals surface area contributed by atoms with E-state index in [0.29, 0.717) is 10.0 Å². The lowest BCUT2D eigenvalue weighted by atomic mass is 10.0. The van der Waals surface area contributed by atoms with Crippen LogP contribution in [0.25, 0.3) is 21.5 Å². The average Bonchev–Trinajstić information content (AvgIpc) is 2.36. The molecule has 0 aromatic heterocycles. The Hall–Kier alpha value is -0.950. The van der Waals surface area contributed by atoms with E-state index in [1.807, 2.05) is 42.5 Å². The molecule has 3 rings (SSSR count). The normalized spacial score (nSPS) is 11.2. The number of fused-ring (bicyclic) bond motifs is 2. The van der Waals surface area contributed by atoms with Crippen molar-refractivity contribution in [3.05, 3.63) is 57.5 Å². The summed E-state index contributed by atoms with van der Waals surface area (Å²) in [6, 6.07) is 13.4. The third-order valence-electron chi connectivity index (χ3n) is 2.85. The highest BCUT2D eigenvalue weighted by atomic mass is 35.5. The Morgan fingerprint density at radius 3 is 1.76 bits per heavy atom. The van der Waals surface area contributed by atoms with E-state index >= 15 is 0 Å². The highest BCUT2D eigenvalue weighted by Crippen LogP contribution is 2.39. The molecule has 0 radical (unpaired) electrons. The van der Waals surface area contributed by atoms with Crippen LogP contribution in [-0.2, 0) is 0 Å². The van der Waals surface area contributed by atoms with Crippen molar-refractivity contribution in [2.75, 3.05) is 0 Å². The molecule has 0 spiro atoms. The second-order valence-electron chi connectivity index (χ2n) is 3.86. The van der Waals surface area contributed by atoms with E-state index in [2.05, 4.69) is 0 Å². The maximum atomic E-state index is 6.40. The van der Waals surface area contributed by atoms with Gasteiger partial charge in [-0.1, -0.05) is 65.1 Å². The number of rotatable bonds is 0. The third-order valence-corrected chi connectivity index (χ3v) is 3.90. The minimum Gasteiger partial charge on any atom is -0.0843 e. The molecule has 84 valence electrons. The van der Waals surface area contributed by atoms with Crippen LogP contribution in [0.1, 0.15) is 0 Å². The highest BCUT2D eigenvalue weighted by molar-refractivity contribution is 6.47. The van der Waals surface area contributed by atoms with Crippen LogP contribution >= 0.6 is 34.8 Å². The number of benzene rings is 3. The van der Waals surface area contributed by atoms with Crippen LogP contribution in [0.3, 0.4) is 0 Å². The molecule has 0 aliphatic heterocycles. The molecular weight excluding hydrogens is 275 g/mol. The molecule has 0 aliphatic carbocycles. The third kappa shape index (κ3) is 1.68. The van der Waals surface area contributed by atoms with Crippen LogP contribution in [0.2, 0.25) is 15.1 Å². The summed E-state index contributed by atoms with van der Waals surface area (Å²) in [6.45, 7) is 0. The summed E-state index contributed by atoms with van der Waals surface area (Å²) >= 11 is 18.8. The summed E-state index contributed by atoms with van der Waals surface area (Å²) in [4.78, 5) is 0. The first-order valence-electron chi connectivity index (χ1n) is 5.13. The van der Waals surface area contributed by atoms with Crippen LogP contribution in [-0.4, -0.2) is 0 Å². The maximum absolute atomic E-state index is 6.40. The molecule has 0 N–H and O–H groups in total. The molecule has 0 bridgehead atoms. The number of hydrogen-bond donors (Lipinski definition) is 0. The standard InChI is InChI=1S/C14H7Cl3/c15-8-5-6-11-12(7-8)14(17)10-4-2-1-3-9(10)13(11)16/h1-7H. The fraction of sp³-hybridized carbons (Fsp3) is 0.